The van der Waals surface area contributed by atoms with E-state index >= 15 is 0 Å². The smallest absolute Gasteiger partial charge is 0.252 e. The lowest BCUT2D eigenvalue weighted by Gasteiger charge is -2.34. The van der Waals surface area contributed by atoms with Crippen LogP contribution in [0.25, 0.3) is 0 Å². The van der Waals surface area contributed by atoms with Crippen molar-refractivity contribution in [2.45, 2.75) is 75.8 Å². The zero-order valence-electron chi connectivity index (χ0n) is 21.5. The van der Waals surface area contributed by atoms with Gasteiger partial charge < -0.3 is 10.6 Å². The molecule has 0 aromatic heterocycles. The minimum absolute atomic E-state index is 0.00536. The van der Waals surface area contributed by atoms with Gasteiger partial charge in [-0.3, -0.25) is 19.2 Å². The molecule has 1 heterocycles. The lowest BCUT2D eigenvalue weighted by molar-refractivity contribution is -0.122. The van der Waals surface area contributed by atoms with E-state index in [1.807, 2.05) is 0 Å². The first kappa shape index (κ1) is 27.5. The Hall–Kier alpha value is -3.57. The van der Waals surface area contributed by atoms with Gasteiger partial charge in [-0.1, -0.05) is 25.7 Å². The normalized spacial score (nSPS) is 18.9. The van der Waals surface area contributed by atoms with Gasteiger partial charge in [-0.15, -0.1) is 0 Å². The topological polar surface area (TPSA) is 133 Å². The number of anilines is 3. The minimum atomic E-state index is -4.15. The number of imide groups is 1. The zero-order valence-corrected chi connectivity index (χ0v) is 22.3. The highest BCUT2D eigenvalue weighted by molar-refractivity contribution is 7.89. The van der Waals surface area contributed by atoms with Crippen molar-refractivity contribution >= 4 is 50.7 Å². The SMILES string of the molecule is CC(=O)Nc1ccc(N2C(=O)CC(N(C3CCCCCC3)S(=O)(=O)c3ccc(NC(C)=O)cc3)C2=O)cc1. The van der Waals surface area contributed by atoms with Gasteiger partial charge in [0.1, 0.15) is 6.04 Å². The Kier molecular flexibility index (Phi) is 8.27. The summed E-state index contributed by atoms with van der Waals surface area (Å²) in [5.41, 5.74) is 1.29. The van der Waals surface area contributed by atoms with Gasteiger partial charge in [0.05, 0.1) is 17.0 Å². The molecule has 2 aromatic carbocycles. The van der Waals surface area contributed by atoms with Crippen LogP contribution in [0.1, 0.15) is 58.8 Å². The average Bonchev–Trinajstić information content (AvgIpc) is 3.01. The Morgan fingerprint density at radius 2 is 1.32 bits per heavy atom. The summed E-state index contributed by atoms with van der Waals surface area (Å²) in [6, 6.07) is 10.5. The van der Waals surface area contributed by atoms with Crippen LogP contribution in [0.15, 0.2) is 53.4 Å². The predicted molar refractivity (Wildman–Crippen MR) is 143 cm³/mol. The van der Waals surface area contributed by atoms with E-state index < -0.39 is 33.9 Å². The number of rotatable bonds is 7. The lowest BCUT2D eigenvalue weighted by atomic mass is 10.1. The molecule has 0 spiro atoms. The van der Waals surface area contributed by atoms with E-state index in [1.54, 1.807) is 24.3 Å². The maximum atomic E-state index is 14.0. The van der Waals surface area contributed by atoms with Gasteiger partial charge in [-0.05, 0) is 61.4 Å². The Morgan fingerprint density at radius 1 is 0.816 bits per heavy atom. The monoisotopic (exact) mass is 540 g/mol. The van der Waals surface area contributed by atoms with Crippen molar-refractivity contribution in [1.29, 1.82) is 0 Å². The first-order chi connectivity index (χ1) is 18.1. The molecule has 2 aliphatic rings. The van der Waals surface area contributed by atoms with Crippen molar-refractivity contribution in [1.82, 2.24) is 4.31 Å². The second kappa shape index (κ2) is 11.4. The third-order valence-electron chi connectivity index (χ3n) is 6.81. The number of sulfonamides is 1. The van der Waals surface area contributed by atoms with E-state index in [4.69, 9.17) is 0 Å². The van der Waals surface area contributed by atoms with Gasteiger partial charge in [-0.25, -0.2) is 13.3 Å². The second-order valence-corrected chi connectivity index (χ2v) is 11.5. The molecule has 2 N–H and O–H groups in total. The molecule has 1 saturated heterocycles. The first-order valence-electron chi connectivity index (χ1n) is 12.7. The highest BCUT2D eigenvalue weighted by Gasteiger charge is 2.49. The van der Waals surface area contributed by atoms with Crippen LogP contribution in [0.3, 0.4) is 0 Å². The molecule has 1 aliphatic carbocycles. The number of hydrogen-bond donors (Lipinski definition) is 2. The third kappa shape index (κ3) is 5.94. The molecule has 1 aliphatic heterocycles. The number of carbonyl (C=O) groups excluding carboxylic acids is 4. The molecule has 11 heteroatoms. The van der Waals surface area contributed by atoms with E-state index in [1.165, 1.54) is 42.4 Å². The molecule has 1 atom stereocenters. The van der Waals surface area contributed by atoms with E-state index in [0.29, 0.717) is 29.9 Å². The summed E-state index contributed by atoms with van der Waals surface area (Å²) < 4.78 is 29.3. The second-order valence-electron chi connectivity index (χ2n) is 9.70. The molecule has 202 valence electrons. The Morgan fingerprint density at radius 3 is 1.82 bits per heavy atom. The number of hydrogen-bond acceptors (Lipinski definition) is 6. The minimum Gasteiger partial charge on any atom is -0.326 e. The maximum Gasteiger partial charge on any atom is 0.252 e. The van der Waals surface area contributed by atoms with Crippen LogP contribution in [-0.4, -0.2) is 48.4 Å². The molecule has 38 heavy (non-hydrogen) atoms. The largest absolute Gasteiger partial charge is 0.326 e. The van der Waals surface area contributed by atoms with Crippen molar-refractivity contribution < 1.29 is 27.6 Å². The third-order valence-corrected chi connectivity index (χ3v) is 8.79. The van der Waals surface area contributed by atoms with Crippen LogP contribution in [0, 0.1) is 0 Å². The molecule has 0 radical (unpaired) electrons. The van der Waals surface area contributed by atoms with Crippen LogP contribution >= 0.6 is 0 Å². The molecule has 0 bridgehead atoms. The number of benzene rings is 2. The van der Waals surface area contributed by atoms with Gasteiger partial charge in [0.15, 0.2) is 0 Å². The fourth-order valence-corrected chi connectivity index (χ4v) is 6.98. The summed E-state index contributed by atoms with van der Waals surface area (Å²) in [5, 5.41) is 5.25. The van der Waals surface area contributed by atoms with E-state index in [-0.39, 0.29) is 23.1 Å². The molecular weight excluding hydrogens is 508 g/mol. The van der Waals surface area contributed by atoms with Crippen LogP contribution in [-0.2, 0) is 29.2 Å². The summed E-state index contributed by atoms with van der Waals surface area (Å²) in [4.78, 5) is 50.5. The van der Waals surface area contributed by atoms with Gasteiger partial charge in [0.25, 0.3) is 5.91 Å². The number of nitrogens with one attached hydrogen (secondary N) is 2. The maximum absolute atomic E-state index is 14.0. The van der Waals surface area contributed by atoms with Crippen molar-refractivity contribution in [3.8, 4) is 0 Å². The molecule has 10 nitrogen and oxygen atoms in total. The van der Waals surface area contributed by atoms with Crippen molar-refractivity contribution in [3.05, 3.63) is 48.5 Å². The number of carbonyl (C=O) groups is 4. The Bertz CT molecular complexity index is 1320. The summed E-state index contributed by atoms with van der Waals surface area (Å²) in [5.74, 6) is -1.60. The predicted octanol–water partition coefficient (Wildman–Crippen LogP) is 3.65. The van der Waals surface area contributed by atoms with Crippen LogP contribution in [0.4, 0.5) is 17.1 Å². The van der Waals surface area contributed by atoms with Gasteiger partial charge >= 0.3 is 0 Å². The number of amides is 4. The van der Waals surface area contributed by atoms with Crippen molar-refractivity contribution in [2.75, 3.05) is 15.5 Å². The fraction of sp³-hybridized carbons (Fsp3) is 0.407. The van der Waals surface area contributed by atoms with E-state index in [9.17, 15) is 27.6 Å². The summed E-state index contributed by atoms with van der Waals surface area (Å²) in [7, 11) is -4.15. The van der Waals surface area contributed by atoms with Gasteiger partial charge in [-0.2, -0.15) is 4.31 Å². The fourth-order valence-electron chi connectivity index (χ4n) is 5.15. The molecule has 4 amide bonds. The lowest BCUT2D eigenvalue weighted by Crippen LogP contribution is -2.50. The molecule has 1 saturated carbocycles. The standard InChI is InChI=1S/C27H32N4O6S/c1-18(32)28-20-9-13-22(14-10-20)30-26(34)17-25(27(30)35)31(23-7-5-3-4-6-8-23)38(36,37)24-15-11-21(12-16-24)29-19(2)33/h9-16,23,25H,3-8,17H2,1-2H3,(H,28,32)(H,29,33). The highest BCUT2D eigenvalue weighted by Crippen LogP contribution is 2.35. The molecule has 2 aromatic rings. The Balaban J connectivity index is 1.68. The van der Waals surface area contributed by atoms with Crippen LogP contribution in [0.2, 0.25) is 0 Å². The molecule has 4 rings (SSSR count). The van der Waals surface area contributed by atoms with Gasteiger partial charge in [0, 0.05) is 31.3 Å². The molecule has 2 fully saturated rings. The van der Waals surface area contributed by atoms with Crippen molar-refractivity contribution in [3.63, 3.8) is 0 Å². The van der Waals surface area contributed by atoms with E-state index in [2.05, 4.69) is 10.6 Å². The Labute approximate surface area is 222 Å². The molecule has 1 unspecified atom stereocenters. The van der Waals surface area contributed by atoms with Gasteiger partial charge in [0.2, 0.25) is 27.7 Å². The summed E-state index contributed by atoms with van der Waals surface area (Å²) in [6.45, 7) is 2.74. The molecular formula is C27H32N4O6S. The van der Waals surface area contributed by atoms with Crippen LogP contribution in [0.5, 0.6) is 0 Å². The zero-order chi connectivity index (χ0) is 27.4. The first-order valence-corrected chi connectivity index (χ1v) is 14.2. The average molecular weight is 541 g/mol. The quantitative estimate of drug-likeness (QED) is 0.407. The highest BCUT2D eigenvalue weighted by atomic mass is 32.2. The van der Waals surface area contributed by atoms with Crippen molar-refractivity contribution in [2.24, 2.45) is 0 Å². The number of nitrogens with zero attached hydrogens (tertiary/aromatic N) is 2. The van der Waals surface area contributed by atoms with Crippen LogP contribution < -0.4 is 15.5 Å². The summed E-state index contributed by atoms with van der Waals surface area (Å²) >= 11 is 0. The summed E-state index contributed by atoms with van der Waals surface area (Å²) in [6.07, 6.45) is 4.59. The van der Waals surface area contributed by atoms with E-state index in [0.717, 1.165) is 30.6 Å².